The summed E-state index contributed by atoms with van der Waals surface area (Å²) in [5, 5.41) is 11.7. The Morgan fingerprint density at radius 3 is 0.904 bits per heavy atom. The lowest BCUT2D eigenvalue weighted by Crippen LogP contribution is -2.31. The zero-order valence-electron chi connectivity index (χ0n) is 97.5. The number of hydrogen-bond acceptors (Lipinski definition) is 10. The molecule has 0 N–H and O–H groups in total. The Kier molecular flexibility index (Phi) is 16.1. The first-order chi connectivity index (χ1) is 73.6. The maximum Gasteiger partial charge on any atom is 0.227 e. The van der Waals surface area contributed by atoms with Gasteiger partial charge in [0.15, 0.2) is 58.9 Å². The van der Waals surface area contributed by atoms with Gasteiger partial charge in [0.2, 0.25) is 57.0 Å². The number of benzene rings is 10. The number of pyridine rings is 10. The molecule has 15 aromatic heterocycles. The Balaban J connectivity index is 0.000000113. The molecule has 0 saturated carbocycles. The van der Waals surface area contributed by atoms with E-state index < -0.39 is 48.0 Å². The first kappa shape index (κ1) is 64.7. The van der Waals surface area contributed by atoms with Gasteiger partial charge in [0.05, 0.1) is 55.4 Å². The Bertz CT molecular complexity index is 10200. The number of para-hydroxylation sites is 5. The zero-order valence-corrected chi connectivity index (χ0v) is 76.5. The van der Waals surface area contributed by atoms with Crippen LogP contribution in [0.1, 0.15) is 112 Å². The molecule has 0 unspecified atom stereocenters. The van der Waals surface area contributed by atoms with Crippen LogP contribution in [-0.4, -0.2) is 24.9 Å². The van der Waals surface area contributed by atoms with Gasteiger partial charge in [-0.25, -0.2) is 47.8 Å². The average Bonchev–Trinajstić information content (AvgIpc) is 1.58. The fourth-order valence-electron chi connectivity index (χ4n) is 19.1. The molecule has 0 amide bonds. The topological polar surface area (TPSA) is 150 Å². The van der Waals surface area contributed by atoms with Gasteiger partial charge >= 0.3 is 0 Å². The van der Waals surface area contributed by atoms with E-state index in [0.29, 0.717) is 122 Å². The highest BCUT2D eigenvalue weighted by Gasteiger charge is 2.31. The summed E-state index contributed by atoms with van der Waals surface area (Å²) in [6.45, 7) is -0.621. The molecule has 10 aromatic carbocycles. The van der Waals surface area contributed by atoms with E-state index in [1.54, 1.807) is 85.1 Å². The summed E-state index contributed by atoms with van der Waals surface area (Å²) in [4.78, 5) is 23.4. The quantitative estimate of drug-likeness (QED) is 0.152. The lowest BCUT2D eigenvalue weighted by molar-refractivity contribution is -0.660. The predicted molar refractivity (Wildman–Crippen MR) is 549 cm³/mol. The van der Waals surface area contributed by atoms with Gasteiger partial charge in [0, 0.05) is 169 Å². The number of hydrogen-bond donors (Lipinski definition) is 0. The second-order valence-corrected chi connectivity index (χ2v) is 35.1. The van der Waals surface area contributed by atoms with Crippen molar-refractivity contribution in [2.45, 2.75) is 103 Å². The monoisotopic (exact) mass is 1790 g/mol. The fourth-order valence-corrected chi connectivity index (χ4v) is 19.1. The van der Waals surface area contributed by atoms with Crippen LogP contribution in [0.5, 0.6) is 0 Å². The third kappa shape index (κ3) is 15.0. The lowest BCUT2D eigenvalue weighted by atomic mass is 9.96. The van der Waals surface area contributed by atoms with Gasteiger partial charge in [-0.3, -0.25) is 0 Å². The van der Waals surface area contributed by atoms with Crippen LogP contribution in [-0.2, 0) is 35.2 Å². The van der Waals surface area contributed by atoms with Crippen molar-refractivity contribution in [3.63, 3.8) is 0 Å². The van der Waals surface area contributed by atoms with E-state index in [1.807, 2.05) is 278 Å². The van der Waals surface area contributed by atoms with Crippen LogP contribution in [0, 0.1) is 103 Å². The molecule has 0 saturated heterocycles. The largest absolute Gasteiger partial charge is 0.437 e. The van der Waals surface area contributed by atoms with Gasteiger partial charge in [-0.1, -0.05) is 127 Å². The third-order valence-electron chi connectivity index (χ3n) is 25.8. The van der Waals surface area contributed by atoms with Gasteiger partial charge in [-0.15, -0.1) is 0 Å². The van der Waals surface area contributed by atoms with Crippen molar-refractivity contribution in [3.05, 3.63) is 357 Å². The van der Waals surface area contributed by atoms with Gasteiger partial charge in [0.25, 0.3) is 0 Å². The van der Waals surface area contributed by atoms with Crippen LogP contribution in [0.3, 0.4) is 0 Å². The highest BCUT2D eigenvalue weighted by Crippen LogP contribution is 2.46. The standard InChI is InChI=1S/C25H23N2O.3C24H21N2O.C23H19N2O/c1-14-11-21(27(5)13-17(14)4)23-16(3)10-15(2)22-19-12-18-8-6-7-9-20(18)26-25(19)28-24(22)23;1-14-9-10-18-19-12-17-7-5-6-8-20(17)25-24(19)27-23(18)22(14)21-11-15(2)16(3)13-26(21)4;1-14-9-10-20(26(4)13-14)22-16(3)11-15(2)21-18-12-17-7-5-6-8-19(17)25-24(18)27-23(21)22;1-14-9-10-26(4)20(11-14)22-16(3)12-15(2)21-18-13-17-7-5-6-8-19(17)25-24(18)27-23(21)22;1-14-12-15(2)21(19-10-6-7-11-25(19)3)22-20(14)17-13-16-8-4-5-9-18(16)24-23(17)26-22/h6-13H,1-5H3;3*5-13H,1-4H3;4-13H,1-3H3/q5*+1/i2D3,4D3;3D3;1D3,2D3;2D3;1D3. The maximum absolute atomic E-state index is 8.18. The highest BCUT2D eigenvalue weighted by atomic mass is 16.4. The van der Waals surface area contributed by atoms with E-state index in [0.717, 1.165) is 160 Å². The van der Waals surface area contributed by atoms with Crippen LogP contribution >= 0.6 is 0 Å². The summed E-state index contributed by atoms with van der Waals surface area (Å²) in [5.41, 5.74) is 26.0. The van der Waals surface area contributed by atoms with Gasteiger partial charge in [-0.2, -0.15) is 0 Å². The smallest absolute Gasteiger partial charge is 0.227 e. The number of nitrogens with zero attached hydrogens (tertiary/aromatic N) is 10. The molecule has 0 fully saturated rings. The van der Waals surface area contributed by atoms with Crippen molar-refractivity contribution in [1.29, 1.82) is 0 Å². The Labute approximate surface area is 811 Å². The van der Waals surface area contributed by atoms with Crippen LogP contribution in [0.15, 0.2) is 296 Å². The van der Waals surface area contributed by atoms with Crippen molar-refractivity contribution in [2.24, 2.45) is 35.2 Å². The molecule has 0 aliphatic rings. The van der Waals surface area contributed by atoms with Crippen LogP contribution in [0.25, 0.3) is 221 Å². The summed E-state index contributed by atoms with van der Waals surface area (Å²) < 4.78 is 208. The molecule has 0 spiro atoms. The van der Waals surface area contributed by atoms with E-state index in [1.165, 1.54) is 0 Å². The SMILES string of the molecule is [2H]C([2H])([2H])c1c[n+](C)c(-c2c(C)cc(C([2H])([2H])[2H])c3c2oc2nc4ccccc4cc23)cc1C.[2H]C([2H])([2H])c1c[n+](C)c(-c2c(C)ccc3c2oc2nc4ccccc4cc23)cc1C.[2H]C([2H])([2H])c1cc(C)c(-c2cc(C)cc[n+]2C)c2oc3nc4ccccc4cc3c12.[2H]C([2H])([2H])c1cc(C)c(-c2cccc[n+]2C)c2oc3nc4ccccc4cc3c12.[2H]C([2H])([2H])c1ccc(-c2c(C)cc(C([2H])([2H])[2H])c3c2oc2nc4ccccc4cc23)[n+](C)c1. The minimum Gasteiger partial charge on any atom is -0.437 e. The maximum atomic E-state index is 8.18. The van der Waals surface area contributed by atoms with Gasteiger partial charge in [-0.05, 0) is 243 Å². The fraction of sp³-hybridized carbons (Fsp3) is 0.167. The van der Waals surface area contributed by atoms with Crippen molar-refractivity contribution in [3.8, 4) is 56.3 Å². The highest BCUT2D eigenvalue weighted by molar-refractivity contribution is 6.18. The minimum atomic E-state index is -2.35. The molecule has 0 aliphatic heterocycles. The second-order valence-electron chi connectivity index (χ2n) is 35.1. The third-order valence-corrected chi connectivity index (χ3v) is 25.8. The van der Waals surface area contributed by atoms with Gasteiger partial charge < -0.3 is 22.1 Å². The van der Waals surface area contributed by atoms with Crippen LogP contribution < -0.4 is 22.8 Å². The minimum absolute atomic E-state index is 0.205. The van der Waals surface area contributed by atoms with Crippen molar-refractivity contribution in [2.75, 3.05) is 0 Å². The Hall–Kier alpha value is -16.0. The summed E-state index contributed by atoms with van der Waals surface area (Å²) in [5.74, 6) is 0. The molecule has 15 heterocycles. The Morgan fingerprint density at radius 2 is 0.533 bits per heavy atom. The second kappa shape index (κ2) is 33.7. The van der Waals surface area contributed by atoms with Crippen LogP contribution in [0.2, 0.25) is 0 Å². The molecule has 0 radical (unpaired) electrons. The molecule has 15 heteroatoms. The van der Waals surface area contributed by atoms with Crippen LogP contribution in [0.4, 0.5) is 0 Å². The first-order valence-electron chi connectivity index (χ1n) is 54.8. The van der Waals surface area contributed by atoms with E-state index in [2.05, 4.69) is 44.2 Å². The van der Waals surface area contributed by atoms with E-state index >= 15 is 0 Å². The van der Waals surface area contributed by atoms with E-state index in [-0.39, 0.29) is 22.3 Å². The van der Waals surface area contributed by atoms with Crippen molar-refractivity contribution >= 4 is 165 Å². The first-order valence-corrected chi connectivity index (χ1v) is 44.3. The molecule has 25 aromatic rings. The normalized spacial score (nSPS) is 14.7. The number of aryl methyl sites for hydroxylation is 20. The Morgan fingerprint density at radius 1 is 0.215 bits per heavy atom. The number of furan rings is 5. The molecule has 25 rings (SSSR count). The average molecular weight is 1790 g/mol. The molecule has 0 atom stereocenters. The van der Waals surface area contributed by atoms with Gasteiger partial charge in [0.1, 0.15) is 35.2 Å². The summed E-state index contributed by atoms with van der Waals surface area (Å²) in [6, 6.07) is 76.8. The molecular formula is C120H105N10O5+5. The number of aromatic nitrogens is 10. The summed E-state index contributed by atoms with van der Waals surface area (Å²) >= 11 is 0. The molecule has 0 aliphatic carbocycles. The molecule has 15 nitrogen and oxygen atoms in total. The number of rotatable bonds is 5. The summed E-state index contributed by atoms with van der Waals surface area (Å²) in [6.07, 6.45) is 8.84. The molecule has 135 heavy (non-hydrogen) atoms. The molecular weight excluding hydrogens is 1660 g/mol. The van der Waals surface area contributed by atoms with Crippen molar-refractivity contribution < 1.29 is 73.7 Å². The number of fused-ring (bicyclic) bond motifs is 20. The molecule has 660 valence electrons. The van der Waals surface area contributed by atoms with Crippen molar-refractivity contribution in [1.82, 2.24) is 24.9 Å². The zero-order chi connectivity index (χ0) is 111. The lowest BCUT2D eigenvalue weighted by Gasteiger charge is -2.09. The predicted octanol–water partition coefficient (Wildman–Crippen LogP) is 27.8. The summed E-state index contributed by atoms with van der Waals surface area (Å²) in [7, 11) is 9.36. The van der Waals surface area contributed by atoms with E-state index in [4.69, 9.17) is 55.9 Å². The molecule has 0 bridgehead atoms. The van der Waals surface area contributed by atoms with E-state index in [9.17, 15) is 0 Å².